The number of thioether (sulfide) groups is 2. The molecule has 0 saturated heterocycles. The molecule has 7 aromatic carbocycles. The first kappa shape index (κ1) is 74.3. The molecule has 0 bridgehead atoms. The Hall–Kier alpha value is -5.77. The van der Waals surface area contributed by atoms with Gasteiger partial charge in [0.2, 0.25) is 0 Å². The van der Waals surface area contributed by atoms with Crippen LogP contribution in [0.5, 0.6) is 0 Å². The van der Waals surface area contributed by atoms with E-state index in [1.807, 2.05) is 54.8 Å². The first-order valence-corrected chi connectivity index (χ1v) is 38.7. The normalized spacial score (nSPS) is 15.9. The summed E-state index contributed by atoms with van der Waals surface area (Å²) in [5.74, 6) is 0. The summed E-state index contributed by atoms with van der Waals surface area (Å²) in [6, 6.07) is 49.5. The molecule has 8 N–H and O–H groups in total. The molecule has 0 radical (unpaired) electrons. The Labute approximate surface area is 561 Å². The number of aldehydes is 2. The number of aromatic nitrogens is 2. The zero-order valence-electron chi connectivity index (χ0n) is 52.5. The zero-order chi connectivity index (χ0) is 66.5. The molecule has 2 aromatic heterocycles. The van der Waals surface area contributed by atoms with E-state index in [1.54, 1.807) is 113 Å². The molecule has 5 atom stereocenters. The SMILES string of the molecule is COC(OC)c1ccc(S(C)(=N)=O)cc1.COC(OC)c1ccc(SC)cc1.CS(=N)(=O)c1ccc(C=O)cc1.CS(=N)(=O)c1ccc(CN[C@@H]2CCCc3c2[nH]c2ccc(Br)cc32)cc1.CSc1ccc(C=O)cc1.N[C@@H]1CCCc2c1[nH]c1ccc(Br)cc21. The fraction of sp³-hybridized carbons (Fsp3) is 0.294. The van der Waals surface area contributed by atoms with E-state index in [9.17, 15) is 22.2 Å². The van der Waals surface area contributed by atoms with Crippen LogP contribution in [-0.2, 0) is 67.5 Å². The molecular weight excluding hydrogens is 1380 g/mol. The summed E-state index contributed by atoms with van der Waals surface area (Å²) in [6.07, 6.45) is 16.0. The van der Waals surface area contributed by atoms with Gasteiger partial charge in [-0.15, -0.1) is 23.5 Å². The molecule has 2 aliphatic rings. The third-order valence-electron chi connectivity index (χ3n) is 14.9. The summed E-state index contributed by atoms with van der Waals surface area (Å²) in [4.78, 5) is 31.5. The number of benzene rings is 7. The number of hydrogen-bond acceptors (Lipinski definition) is 16. The molecule has 0 saturated carbocycles. The first-order chi connectivity index (χ1) is 43.4. The van der Waals surface area contributed by atoms with E-state index in [0.29, 0.717) is 32.6 Å². The molecular formula is C68H81Br2N7O9S5. The van der Waals surface area contributed by atoms with Crippen LogP contribution in [0.25, 0.3) is 21.8 Å². The predicted molar refractivity (Wildman–Crippen MR) is 380 cm³/mol. The van der Waals surface area contributed by atoms with E-state index >= 15 is 0 Å². The number of halogens is 2. The minimum Gasteiger partial charge on any atom is -0.357 e. The van der Waals surface area contributed by atoms with Crippen molar-refractivity contribution in [3.05, 3.63) is 217 Å². The molecule has 16 nitrogen and oxygen atoms in total. The molecule has 23 heteroatoms. The minimum atomic E-state index is -2.64. The Balaban J connectivity index is 0.000000180. The topological polar surface area (TPSA) is 263 Å². The van der Waals surface area contributed by atoms with Gasteiger partial charge in [0.15, 0.2) is 12.6 Å². The van der Waals surface area contributed by atoms with E-state index in [1.165, 1.54) is 85.7 Å². The van der Waals surface area contributed by atoms with Crippen molar-refractivity contribution < 1.29 is 41.2 Å². The number of nitrogens with one attached hydrogen (secondary N) is 6. The Bertz CT molecular complexity index is 4150. The maximum atomic E-state index is 11.8. The van der Waals surface area contributed by atoms with E-state index in [0.717, 1.165) is 69.7 Å². The van der Waals surface area contributed by atoms with Crippen molar-refractivity contribution in [3.8, 4) is 0 Å². The van der Waals surface area contributed by atoms with Gasteiger partial charge < -0.3 is 40.0 Å². The van der Waals surface area contributed by atoms with E-state index in [2.05, 4.69) is 102 Å². The van der Waals surface area contributed by atoms with E-state index in [-0.39, 0.29) is 12.3 Å². The third-order valence-corrected chi connectivity index (χ3v) is 20.9. The molecule has 3 unspecified atom stereocenters. The minimum absolute atomic E-state index is 0.194. The second kappa shape index (κ2) is 35.5. The quantitative estimate of drug-likeness (QED) is 0.0270. The van der Waals surface area contributed by atoms with Gasteiger partial charge in [-0.3, -0.25) is 9.59 Å². The Morgan fingerprint density at radius 2 is 0.912 bits per heavy atom. The number of aromatic amines is 2. The smallest absolute Gasteiger partial charge is 0.183 e. The van der Waals surface area contributed by atoms with Crippen LogP contribution >= 0.6 is 55.4 Å². The van der Waals surface area contributed by atoms with Gasteiger partial charge >= 0.3 is 0 Å². The van der Waals surface area contributed by atoms with Crippen molar-refractivity contribution in [1.82, 2.24) is 15.3 Å². The summed E-state index contributed by atoms with van der Waals surface area (Å²) in [5, 5.41) is 6.31. The number of methoxy groups -OCH3 is 4. The van der Waals surface area contributed by atoms with Gasteiger partial charge in [0, 0.05) is 155 Å². The molecule has 2 aliphatic carbocycles. The molecule has 9 aromatic rings. The number of ether oxygens (including phenoxy) is 4. The fourth-order valence-electron chi connectivity index (χ4n) is 10.1. The maximum absolute atomic E-state index is 11.8. The van der Waals surface area contributed by atoms with Gasteiger partial charge in [-0.25, -0.2) is 27.0 Å². The number of nitrogens with two attached hydrogens (primary N) is 1. The van der Waals surface area contributed by atoms with E-state index < -0.39 is 35.5 Å². The number of carbonyl (C=O) groups is 2. The van der Waals surface area contributed by atoms with Gasteiger partial charge in [-0.1, -0.05) is 92.5 Å². The highest BCUT2D eigenvalue weighted by atomic mass is 79.9. The van der Waals surface area contributed by atoms with Crippen LogP contribution < -0.4 is 11.1 Å². The highest BCUT2D eigenvalue weighted by Crippen LogP contribution is 2.37. The Kier molecular flexibility index (Phi) is 29.0. The second-order valence-electron chi connectivity index (χ2n) is 21.4. The van der Waals surface area contributed by atoms with Crippen molar-refractivity contribution in [2.75, 3.05) is 59.7 Å². The van der Waals surface area contributed by atoms with Crippen LogP contribution in [-0.4, -0.2) is 94.9 Å². The fourth-order valence-corrected chi connectivity index (χ4v) is 13.6. The van der Waals surface area contributed by atoms with Crippen LogP contribution in [0.15, 0.2) is 191 Å². The van der Waals surface area contributed by atoms with Crippen molar-refractivity contribution >= 4 is 119 Å². The van der Waals surface area contributed by atoms with Crippen LogP contribution in [0.2, 0.25) is 0 Å². The molecule has 2 heterocycles. The lowest BCUT2D eigenvalue weighted by Gasteiger charge is -2.24. The van der Waals surface area contributed by atoms with Gasteiger partial charge in [-0.05, 0) is 165 Å². The lowest BCUT2D eigenvalue weighted by Crippen LogP contribution is -2.24. The Morgan fingerprint density at radius 3 is 1.32 bits per heavy atom. The zero-order valence-corrected chi connectivity index (χ0v) is 59.7. The first-order valence-electron chi connectivity index (χ1n) is 28.8. The van der Waals surface area contributed by atoms with Crippen LogP contribution in [0.1, 0.15) is 110 Å². The number of aryl methyl sites for hydroxylation is 2. The van der Waals surface area contributed by atoms with Gasteiger partial charge in [0.1, 0.15) is 12.6 Å². The lowest BCUT2D eigenvalue weighted by molar-refractivity contribution is -0.106. The summed E-state index contributed by atoms with van der Waals surface area (Å²) in [5.41, 5.74) is 18.2. The molecule has 0 fully saturated rings. The van der Waals surface area contributed by atoms with Crippen LogP contribution in [0.4, 0.5) is 0 Å². The molecule has 486 valence electrons. The van der Waals surface area contributed by atoms with Crippen LogP contribution in [0.3, 0.4) is 0 Å². The van der Waals surface area contributed by atoms with Gasteiger partial charge in [0.25, 0.3) is 0 Å². The molecule has 0 amide bonds. The standard InChI is InChI=1S/C20H22BrN3OS.C12H13BrN2.C10H15NO3S.C10H14O2S.C8H9NO2S.C8H8OS/c1-26(22,25)15-8-5-13(6-9-15)12-23-19-4-2-3-16-17-11-14(21)7-10-18(17)24-20(16)19;13-7-4-5-11-9(6-7)8-2-1-3-10(14)12(8)15-11;1-13-10(14-2)8-4-6-9(7-5-8)15(3,11)12;1-11-10(12-2)8-4-6-9(13-3)7-5-8;1-12(9,11)8-4-2-7(6-10)3-5-8;1-10-8-4-2-7(6-9)3-5-8/h5-11,19,22-24H,2-4,12H2,1H3;4-6,10,15H,1-3,14H2;4-7,10-11H,1-3H3;4-7,10H,1-3H3;2-6,9H,1H3;2-6H,1H3/t19-,26?;10-;;;;/m11..../s1. The monoisotopic (exact) mass is 1460 g/mol. The molecule has 91 heavy (non-hydrogen) atoms. The average molecular weight is 1460 g/mol. The van der Waals surface area contributed by atoms with Crippen molar-refractivity contribution in [2.45, 2.75) is 94.2 Å². The lowest BCUT2D eigenvalue weighted by atomic mass is 9.91. The highest BCUT2D eigenvalue weighted by Gasteiger charge is 2.25. The van der Waals surface area contributed by atoms with Crippen LogP contribution in [0, 0.1) is 14.3 Å². The van der Waals surface area contributed by atoms with Crippen molar-refractivity contribution in [3.63, 3.8) is 0 Å². The van der Waals surface area contributed by atoms with Gasteiger partial charge in [-0.2, -0.15) is 0 Å². The summed E-state index contributed by atoms with van der Waals surface area (Å²) in [7, 11) is -1.55. The average Bonchev–Trinajstić information content (AvgIpc) is 1.72. The summed E-state index contributed by atoms with van der Waals surface area (Å²) < 4.78 is 79.3. The number of rotatable bonds is 16. The number of fused-ring (bicyclic) bond motifs is 6. The number of H-pyrrole nitrogens is 2. The Morgan fingerprint density at radius 1 is 0.549 bits per heavy atom. The third kappa shape index (κ3) is 21.9. The predicted octanol–water partition coefficient (Wildman–Crippen LogP) is 16.9. The van der Waals surface area contributed by atoms with Gasteiger partial charge in [0.05, 0.1) is 29.2 Å². The second-order valence-corrected chi connectivity index (χ2v) is 31.5. The maximum Gasteiger partial charge on any atom is 0.183 e. The largest absolute Gasteiger partial charge is 0.357 e. The van der Waals surface area contributed by atoms with E-state index in [4.69, 9.17) is 39.0 Å². The molecule has 11 rings (SSSR count). The molecule has 0 aliphatic heterocycles. The molecule has 0 spiro atoms. The van der Waals surface area contributed by atoms with Crippen molar-refractivity contribution in [2.24, 2.45) is 5.73 Å². The number of carbonyl (C=O) groups excluding carboxylic acids is 2. The van der Waals surface area contributed by atoms with Crippen molar-refractivity contribution in [1.29, 1.82) is 14.3 Å². The highest BCUT2D eigenvalue weighted by molar-refractivity contribution is 9.10. The summed E-state index contributed by atoms with van der Waals surface area (Å²) in [6.45, 7) is 0.756. The number of hydrogen-bond donors (Lipinski definition) is 7. The summed E-state index contributed by atoms with van der Waals surface area (Å²) >= 11 is 10.5.